The van der Waals surface area contributed by atoms with E-state index < -0.39 is 6.04 Å². The van der Waals surface area contributed by atoms with Crippen LogP contribution in [0.5, 0.6) is 0 Å². The van der Waals surface area contributed by atoms with E-state index in [2.05, 4.69) is 12.2 Å². The zero-order valence-corrected chi connectivity index (χ0v) is 23.8. The van der Waals surface area contributed by atoms with Crippen LogP contribution in [-0.4, -0.2) is 35.1 Å². The van der Waals surface area contributed by atoms with Gasteiger partial charge in [0.2, 0.25) is 11.8 Å². The molecule has 0 saturated heterocycles. The van der Waals surface area contributed by atoms with Crippen LogP contribution in [0.15, 0.2) is 72.8 Å². The fraction of sp³-hybridized carbons (Fsp3) is 0.310. The molecule has 0 aliphatic heterocycles. The number of benzene rings is 3. The predicted molar refractivity (Wildman–Crippen MR) is 156 cm³/mol. The average Bonchev–Trinajstić information content (AvgIpc) is 2.89. The predicted octanol–water partition coefficient (Wildman–Crippen LogP) is 7.44. The largest absolute Gasteiger partial charge is 0.354 e. The number of nitrogens with zero attached hydrogens (tertiary/aromatic N) is 1. The highest BCUT2D eigenvalue weighted by atomic mass is 35.5. The van der Waals surface area contributed by atoms with E-state index >= 15 is 0 Å². The Morgan fingerprint density at radius 3 is 2.22 bits per heavy atom. The molecule has 1 atom stereocenters. The van der Waals surface area contributed by atoms with E-state index in [9.17, 15) is 9.59 Å². The number of amides is 2. The number of halogens is 3. The summed E-state index contributed by atoms with van der Waals surface area (Å²) in [7, 11) is 0. The first-order valence-electron chi connectivity index (χ1n) is 12.3. The van der Waals surface area contributed by atoms with Crippen molar-refractivity contribution in [3.63, 3.8) is 0 Å². The zero-order valence-electron chi connectivity index (χ0n) is 20.8. The van der Waals surface area contributed by atoms with Gasteiger partial charge in [0.1, 0.15) is 6.04 Å². The third-order valence-corrected chi connectivity index (χ3v) is 7.95. The lowest BCUT2D eigenvalue weighted by Crippen LogP contribution is -2.51. The van der Waals surface area contributed by atoms with Crippen LogP contribution in [0, 0.1) is 0 Å². The fourth-order valence-corrected chi connectivity index (χ4v) is 5.71. The molecule has 3 rings (SSSR count). The van der Waals surface area contributed by atoms with Gasteiger partial charge in [-0.15, -0.1) is 11.8 Å². The quantitative estimate of drug-likeness (QED) is 0.215. The standard InChI is InChI=1S/C29H31Cl3N2O2S/c1-2-3-16-33-29(36)27(17-21-10-5-4-6-11-21)34(18-22-12-7-8-13-24(22)30)28(35)20-37-19-23-25(31)14-9-15-26(23)32/h4-15,27H,2-3,16-20H2,1H3,(H,33,36)/t27-/m0/s1. The molecule has 0 aromatic heterocycles. The fourth-order valence-electron chi connectivity index (χ4n) is 3.86. The Kier molecular flexibility index (Phi) is 12.1. The lowest BCUT2D eigenvalue weighted by molar-refractivity contribution is -0.139. The topological polar surface area (TPSA) is 49.4 Å². The number of hydrogen-bond donors (Lipinski definition) is 1. The van der Waals surface area contributed by atoms with E-state index in [1.165, 1.54) is 11.8 Å². The third kappa shape index (κ3) is 8.96. The molecule has 3 aromatic rings. The molecule has 0 radical (unpaired) electrons. The van der Waals surface area contributed by atoms with E-state index in [0.29, 0.717) is 33.8 Å². The van der Waals surface area contributed by atoms with Crippen molar-refractivity contribution in [1.82, 2.24) is 10.2 Å². The highest BCUT2D eigenvalue weighted by Gasteiger charge is 2.30. The molecule has 0 spiro atoms. The summed E-state index contributed by atoms with van der Waals surface area (Å²) in [6.45, 7) is 2.86. The van der Waals surface area contributed by atoms with Crippen LogP contribution in [0.1, 0.15) is 36.5 Å². The smallest absolute Gasteiger partial charge is 0.243 e. The van der Waals surface area contributed by atoms with E-state index in [1.54, 1.807) is 29.2 Å². The monoisotopic (exact) mass is 576 g/mol. The molecule has 0 aliphatic carbocycles. The number of thioether (sulfide) groups is 1. The van der Waals surface area contributed by atoms with Gasteiger partial charge in [-0.3, -0.25) is 9.59 Å². The minimum atomic E-state index is -0.687. The highest BCUT2D eigenvalue weighted by molar-refractivity contribution is 7.99. The van der Waals surface area contributed by atoms with Crippen LogP contribution in [0.2, 0.25) is 15.1 Å². The summed E-state index contributed by atoms with van der Waals surface area (Å²) in [4.78, 5) is 28.8. The Labute approximate surface area is 238 Å². The molecule has 8 heteroatoms. The van der Waals surface area contributed by atoms with Crippen LogP contribution < -0.4 is 5.32 Å². The Morgan fingerprint density at radius 1 is 0.892 bits per heavy atom. The van der Waals surface area contributed by atoms with Crippen molar-refractivity contribution in [3.8, 4) is 0 Å². The lowest BCUT2D eigenvalue weighted by atomic mass is 10.0. The van der Waals surface area contributed by atoms with Crippen molar-refractivity contribution in [2.75, 3.05) is 12.3 Å². The second kappa shape index (κ2) is 15.3. The van der Waals surface area contributed by atoms with Crippen molar-refractivity contribution in [1.29, 1.82) is 0 Å². The van der Waals surface area contributed by atoms with Gasteiger partial charge in [0.25, 0.3) is 0 Å². The van der Waals surface area contributed by atoms with Crippen LogP contribution >= 0.6 is 46.6 Å². The Balaban J connectivity index is 1.86. The molecule has 0 unspecified atom stereocenters. The van der Waals surface area contributed by atoms with Gasteiger partial charge in [-0.25, -0.2) is 0 Å². The second-order valence-electron chi connectivity index (χ2n) is 8.66. The molecule has 196 valence electrons. The van der Waals surface area contributed by atoms with Gasteiger partial charge < -0.3 is 10.2 Å². The van der Waals surface area contributed by atoms with Crippen molar-refractivity contribution < 1.29 is 9.59 Å². The molecular weight excluding hydrogens is 547 g/mol. The van der Waals surface area contributed by atoms with E-state index in [1.807, 2.05) is 48.5 Å². The van der Waals surface area contributed by atoms with E-state index in [-0.39, 0.29) is 24.1 Å². The second-order valence-corrected chi connectivity index (χ2v) is 10.9. The first-order valence-corrected chi connectivity index (χ1v) is 14.5. The van der Waals surface area contributed by atoms with Crippen LogP contribution in [-0.2, 0) is 28.3 Å². The van der Waals surface area contributed by atoms with Crippen molar-refractivity contribution in [3.05, 3.63) is 105 Å². The maximum Gasteiger partial charge on any atom is 0.243 e. The number of nitrogens with one attached hydrogen (secondary N) is 1. The first kappa shape index (κ1) is 29.4. The highest BCUT2D eigenvalue weighted by Crippen LogP contribution is 2.29. The lowest BCUT2D eigenvalue weighted by Gasteiger charge is -2.32. The van der Waals surface area contributed by atoms with Gasteiger partial charge in [0.15, 0.2) is 0 Å². The minimum Gasteiger partial charge on any atom is -0.354 e. The SMILES string of the molecule is CCCCNC(=O)[C@H](Cc1ccccc1)N(Cc1ccccc1Cl)C(=O)CSCc1c(Cl)cccc1Cl. The Morgan fingerprint density at radius 2 is 1.54 bits per heavy atom. The molecule has 4 nitrogen and oxygen atoms in total. The Bertz CT molecular complexity index is 1160. The van der Waals surface area contributed by atoms with Crippen molar-refractivity contribution in [2.24, 2.45) is 0 Å². The number of unbranched alkanes of at least 4 members (excludes halogenated alkanes) is 1. The summed E-state index contributed by atoms with van der Waals surface area (Å²) >= 11 is 20.5. The Hall–Kier alpha value is -2.18. The summed E-state index contributed by atoms with van der Waals surface area (Å²) in [5, 5.41) is 4.72. The molecule has 0 saturated carbocycles. The number of hydrogen-bond acceptors (Lipinski definition) is 3. The minimum absolute atomic E-state index is 0.153. The molecule has 0 aliphatic rings. The molecule has 3 aromatic carbocycles. The molecule has 0 fully saturated rings. The van der Waals surface area contributed by atoms with Gasteiger partial charge in [0.05, 0.1) is 5.75 Å². The van der Waals surface area contributed by atoms with Gasteiger partial charge in [-0.05, 0) is 41.3 Å². The average molecular weight is 578 g/mol. The van der Waals surface area contributed by atoms with Gasteiger partial charge in [-0.2, -0.15) is 0 Å². The van der Waals surface area contributed by atoms with Crippen LogP contribution in [0.4, 0.5) is 0 Å². The molecular formula is C29H31Cl3N2O2S. The maximum atomic E-state index is 13.7. The maximum absolute atomic E-state index is 13.7. The molecule has 0 bridgehead atoms. The first-order chi connectivity index (χ1) is 17.9. The third-order valence-electron chi connectivity index (χ3n) is 5.93. The number of carbonyl (C=O) groups excluding carboxylic acids is 2. The summed E-state index contributed by atoms with van der Waals surface area (Å²) in [5.41, 5.74) is 2.56. The zero-order chi connectivity index (χ0) is 26.6. The number of rotatable bonds is 13. The molecule has 37 heavy (non-hydrogen) atoms. The van der Waals surface area contributed by atoms with Crippen LogP contribution in [0.25, 0.3) is 0 Å². The van der Waals surface area contributed by atoms with E-state index in [0.717, 1.165) is 29.5 Å². The van der Waals surface area contributed by atoms with Gasteiger partial charge >= 0.3 is 0 Å². The summed E-state index contributed by atoms with van der Waals surface area (Å²) in [6, 6.07) is 21.8. The normalized spacial score (nSPS) is 11.7. The van der Waals surface area contributed by atoms with Crippen LogP contribution in [0.3, 0.4) is 0 Å². The van der Waals surface area contributed by atoms with E-state index in [4.69, 9.17) is 34.8 Å². The van der Waals surface area contributed by atoms with Crippen molar-refractivity contribution >= 4 is 58.4 Å². The molecule has 1 N–H and O–H groups in total. The summed E-state index contributed by atoms with van der Waals surface area (Å²) in [5.74, 6) is 0.326. The van der Waals surface area contributed by atoms with Crippen molar-refractivity contribution in [2.45, 2.75) is 44.5 Å². The van der Waals surface area contributed by atoms with Gasteiger partial charge in [-0.1, -0.05) is 103 Å². The number of carbonyl (C=O) groups is 2. The molecule has 0 heterocycles. The summed E-state index contributed by atoms with van der Waals surface area (Å²) in [6.07, 6.45) is 2.24. The summed E-state index contributed by atoms with van der Waals surface area (Å²) < 4.78 is 0. The molecule has 2 amide bonds. The van der Waals surface area contributed by atoms with Gasteiger partial charge in [0, 0.05) is 40.3 Å².